The molecule has 0 unspecified atom stereocenters. The average molecular weight is 342 g/mol. The lowest BCUT2D eigenvalue weighted by atomic mass is 10.2. The smallest absolute Gasteiger partial charge is 0.240 e. The maximum atomic E-state index is 12.2. The summed E-state index contributed by atoms with van der Waals surface area (Å²) in [6, 6.07) is 11.2. The highest BCUT2D eigenvalue weighted by Gasteiger charge is 2.15. The summed E-state index contributed by atoms with van der Waals surface area (Å²) in [5.74, 6) is 1.19. The van der Waals surface area contributed by atoms with Gasteiger partial charge in [0.15, 0.2) is 0 Å². The molecule has 0 aromatic heterocycles. The number of benzene rings is 2. The highest BCUT2D eigenvalue weighted by atomic mass is 35.5. The molecule has 0 fully saturated rings. The topological polar surface area (TPSA) is 64.6 Å². The molecule has 0 atom stereocenters. The number of ether oxygens (including phenoxy) is 2. The molecular weight excluding hydrogens is 326 g/mol. The first-order valence-electron chi connectivity index (χ1n) is 6.42. The summed E-state index contributed by atoms with van der Waals surface area (Å²) in [4.78, 5) is 0.157. The summed E-state index contributed by atoms with van der Waals surface area (Å²) in [6.07, 6.45) is 0. The van der Waals surface area contributed by atoms with Gasteiger partial charge < -0.3 is 9.47 Å². The van der Waals surface area contributed by atoms with Crippen LogP contribution in [0, 0.1) is 0 Å². The van der Waals surface area contributed by atoms with Gasteiger partial charge in [0.1, 0.15) is 11.5 Å². The fraction of sp³-hybridized carbons (Fsp3) is 0.200. The van der Waals surface area contributed by atoms with Crippen LogP contribution < -0.4 is 14.2 Å². The second-order valence-corrected chi connectivity index (χ2v) is 6.66. The van der Waals surface area contributed by atoms with Crippen molar-refractivity contribution in [3.8, 4) is 11.5 Å². The van der Waals surface area contributed by atoms with Crippen LogP contribution in [0.2, 0.25) is 5.02 Å². The predicted molar refractivity (Wildman–Crippen MR) is 85.0 cm³/mol. The molecule has 0 spiro atoms. The third-order valence-electron chi connectivity index (χ3n) is 3.07. The van der Waals surface area contributed by atoms with E-state index in [9.17, 15) is 8.42 Å². The van der Waals surface area contributed by atoms with Crippen molar-refractivity contribution < 1.29 is 17.9 Å². The monoisotopic (exact) mass is 341 g/mol. The molecule has 2 aromatic rings. The zero-order valence-corrected chi connectivity index (χ0v) is 13.7. The van der Waals surface area contributed by atoms with Gasteiger partial charge in [-0.1, -0.05) is 17.7 Å². The number of nitrogens with one attached hydrogen (secondary N) is 1. The Morgan fingerprint density at radius 3 is 2.32 bits per heavy atom. The molecule has 0 heterocycles. The maximum absolute atomic E-state index is 12.2. The first kappa shape index (κ1) is 16.6. The van der Waals surface area contributed by atoms with Crippen LogP contribution in [0.5, 0.6) is 11.5 Å². The third kappa shape index (κ3) is 3.91. The normalized spacial score (nSPS) is 11.2. The third-order valence-corrected chi connectivity index (χ3v) is 4.74. The number of hydrogen-bond donors (Lipinski definition) is 1. The molecule has 0 saturated heterocycles. The summed E-state index contributed by atoms with van der Waals surface area (Å²) in [5.41, 5.74) is 0.709. The second-order valence-electron chi connectivity index (χ2n) is 4.46. The van der Waals surface area contributed by atoms with Crippen LogP contribution in [-0.2, 0) is 16.6 Å². The minimum Gasteiger partial charge on any atom is -0.497 e. The molecule has 5 nitrogen and oxygen atoms in total. The maximum Gasteiger partial charge on any atom is 0.240 e. The number of rotatable bonds is 6. The van der Waals surface area contributed by atoms with Gasteiger partial charge in [0.05, 0.1) is 19.1 Å². The van der Waals surface area contributed by atoms with E-state index in [4.69, 9.17) is 21.1 Å². The number of methoxy groups -OCH3 is 2. The minimum atomic E-state index is -3.61. The van der Waals surface area contributed by atoms with Crippen LogP contribution in [0.1, 0.15) is 5.56 Å². The molecule has 7 heteroatoms. The molecule has 0 aliphatic rings. The Morgan fingerprint density at radius 1 is 1.05 bits per heavy atom. The van der Waals surface area contributed by atoms with E-state index in [1.54, 1.807) is 25.3 Å². The van der Waals surface area contributed by atoms with Crippen LogP contribution in [0.3, 0.4) is 0 Å². The Labute approximate surface area is 134 Å². The lowest BCUT2D eigenvalue weighted by molar-refractivity contribution is 0.390. The lowest BCUT2D eigenvalue weighted by Gasteiger charge is -2.11. The average Bonchev–Trinajstić information content (AvgIpc) is 2.53. The van der Waals surface area contributed by atoms with E-state index < -0.39 is 10.0 Å². The number of sulfonamides is 1. The molecule has 2 rings (SSSR count). The number of hydrogen-bond acceptors (Lipinski definition) is 4. The van der Waals surface area contributed by atoms with Gasteiger partial charge in [-0.15, -0.1) is 0 Å². The van der Waals surface area contributed by atoms with Crippen molar-refractivity contribution in [1.29, 1.82) is 0 Å². The molecule has 1 N–H and O–H groups in total. The van der Waals surface area contributed by atoms with E-state index >= 15 is 0 Å². The first-order valence-corrected chi connectivity index (χ1v) is 8.28. The highest BCUT2D eigenvalue weighted by Crippen LogP contribution is 2.25. The molecule has 0 bridgehead atoms. The van der Waals surface area contributed by atoms with Gasteiger partial charge in [0.25, 0.3) is 0 Å². The van der Waals surface area contributed by atoms with Crippen molar-refractivity contribution in [2.24, 2.45) is 0 Å². The van der Waals surface area contributed by atoms with E-state index in [0.29, 0.717) is 22.1 Å². The Kier molecular flexibility index (Phi) is 5.28. The minimum absolute atomic E-state index is 0.109. The van der Waals surface area contributed by atoms with Crippen molar-refractivity contribution in [3.63, 3.8) is 0 Å². The molecular formula is C15H16ClNO4S. The summed E-state index contributed by atoms with van der Waals surface area (Å²) >= 11 is 5.76. The molecule has 118 valence electrons. The van der Waals surface area contributed by atoms with Gasteiger partial charge in [0, 0.05) is 23.2 Å². The van der Waals surface area contributed by atoms with Crippen molar-refractivity contribution >= 4 is 21.6 Å². The summed E-state index contributed by atoms with van der Waals surface area (Å²) in [5, 5.41) is 0.482. The highest BCUT2D eigenvalue weighted by molar-refractivity contribution is 7.89. The molecule has 22 heavy (non-hydrogen) atoms. The Balaban J connectivity index is 2.17. The van der Waals surface area contributed by atoms with Crippen LogP contribution in [0.4, 0.5) is 0 Å². The fourth-order valence-corrected chi connectivity index (χ4v) is 3.00. The predicted octanol–water partition coefficient (Wildman–Crippen LogP) is 2.84. The van der Waals surface area contributed by atoms with Gasteiger partial charge in [0.2, 0.25) is 10.0 Å². The van der Waals surface area contributed by atoms with E-state index in [-0.39, 0.29) is 11.4 Å². The zero-order chi connectivity index (χ0) is 16.2. The van der Waals surface area contributed by atoms with Gasteiger partial charge in [-0.05, 0) is 30.3 Å². The van der Waals surface area contributed by atoms with Gasteiger partial charge >= 0.3 is 0 Å². The largest absolute Gasteiger partial charge is 0.497 e. The van der Waals surface area contributed by atoms with E-state index in [0.717, 1.165) is 0 Å². The summed E-state index contributed by atoms with van der Waals surface area (Å²) in [7, 11) is -0.538. The Bertz CT molecular complexity index is 745. The van der Waals surface area contributed by atoms with Gasteiger partial charge in [-0.2, -0.15) is 0 Å². The van der Waals surface area contributed by atoms with Crippen molar-refractivity contribution in [3.05, 3.63) is 53.1 Å². The van der Waals surface area contributed by atoms with Crippen molar-refractivity contribution in [2.75, 3.05) is 14.2 Å². The van der Waals surface area contributed by atoms with E-state index in [1.807, 2.05) is 0 Å². The van der Waals surface area contributed by atoms with Crippen LogP contribution in [-0.4, -0.2) is 22.6 Å². The Morgan fingerprint density at radius 2 is 1.73 bits per heavy atom. The van der Waals surface area contributed by atoms with Crippen molar-refractivity contribution in [1.82, 2.24) is 4.72 Å². The fourth-order valence-electron chi connectivity index (χ4n) is 1.87. The standard InChI is InChI=1S/C15H16ClNO4S/c1-20-13-6-3-11(15(9-13)21-2)10-17-22(18,19)14-7-4-12(16)5-8-14/h3-9,17H,10H2,1-2H3. The van der Waals surface area contributed by atoms with Crippen LogP contribution >= 0.6 is 11.6 Å². The van der Waals surface area contributed by atoms with Crippen LogP contribution in [0.25, 0.3) is 0 Å². The second kappa shape index (κ2) is 7.00. The van der Waals surface area contributed by atoms with Gasteiger partial charge in [-0.3, -0.25) is 0 Å². The lowest BCUT2D eigenvalue weighted by Crippen LogP contribution is -2.23. The SMILES string of the molecule is COc1ccc(CNS(=O)(=O)c2ccc(Cl)cc2)c(OC)c1. The van der Waals surface area contributed by atoms with E-state index in [2.05, 4.69) is 4.72 Å². The molecule has 0 saturated carbocycles. The first-order chi connectivity index (χ1) is 10.5. The molecule has 2 aromatic carbocycles. The molecule has 0 amide bonds. The summed E-state index contributed by atoms with van der Waals surface area (Å²) < 4.78 is 37.3. The van der Waals surface area contributed by atoms with Crippen LogP contribution in [0.15, 0.2) is 47.4 Å². The van der Waals surface area contributed by atoms with E-state index in [1.165, 1.54) is 31.4 Å². The molecule has 0 aliphatic heterocycles. The van der Waals surface area contributed by atoms with Gasteiger partial charge in [-0.25, -0.2) is 13.1 Å². The zero-order valence-electron chi connectivity index (χ0n) is 12.2. The molecule has 0 radical (unpaired) electrons. The molecule has 0 aliphatic carbocycles. The van der Waals surface area contributed by atoms with Crippen molar-refractivity contribution in [2.45, 2.75) is 11.4 Å². The Hall–Kier alpha value is -1.76. The summed E-state index contributed by atoms with van der Waals surface area (Å²) in [6.45, 7) is 0.109. The quantitative estimate of drug-likeness (QED) is 0.877. The number of halogens is 1.